The van der Waals surface area contributed by atoms with Crippen molar-refractivity contribution in [2.24, 2.45) is 0 Å². The summed E-state index contributed by atoms with van der Waals surface area (Å²) in [6.07, 6.45) is 2.16. The van der Waals surface area contributed by atoms with E-state index in [0.717, 1.165) is 12.8 Å². The molecule has 0 N–H and O–H groups in total. The first-order valence-corrected chi connectivity index (χ1v) is 9.84. The van der Waals surface area contributed by atoms with Crippen molar-refractivity contribution in [1.29, 1.82) is 0 Å². The molecule has 0 fully saturated rings. The van der Waals surface area contributed by atoms with Crippen LogP contribution in [-0.4, -0.2) is 0 Å². The minimum Gasteiger partial charge on any atom is -0.0619 e. The highest BCUT2D eigenvalue weighted by Gasteiger charge is 2.34. The van der Waals surface area contributed by atoms with Crippen LogP contribution in [0.15, 0.2) is 84.9 Å². The van der Waals surface area contributed by atoms with Gasteiger partial charge in [-0.05, 0) is 57.0 Å². The zero-order valence-electron chi connectivity index (χ0n) is 16.0. The molecule has 0 saturated carbocycles. The van der Waals surface area contributed by atoms with Gasteiger partial charge >= 0.3 is 0 Å². The molecular weight excluding hydrogens is 324 g/mol. The fourth-order valence-corrected chi connectivity index (χ4v) is 4.59. The maximum absolute atomic E-state index is 2.44. The summed E-state index contributed by atoms with van der Waals surface area (Å²) in [5.41, 5.74) is 8.67. The van der Waals surface area contributed by atoms with Gasteiger partial charge < -0.3 is 0 Å². The first-order valence-electron chi connectivity index (χ1n) is 9.84. The third-order valence-corrected chi connectivity index (χ3v) is 6.16. The van der Waals surface area contributed by atoms with Crippen LogP contribution in [0.4, 0.5) is 0 Å². The van der Waals surface area contributed by atoms with Gasteiger partial charge in [-0.25, -0.2) is 0 Å². The van der Waals surface area contributed by atoms with E-state index in [4.69, 9.17) is 0 Å². The standard InChI is InChI=1S/C27H24/c1-27(2)25-10-6-5-9-23(25)24-16-14-20(18-26(24)27)12-11-19-13-15-21-7-3-4-8-22(21)17-19/h3-10,13-18H,11-12H2,1-2H3. The summed E-state index contributed by atoms with van der Waals surface area (Å²) < 4.78 is 0. The van der Waals surface area contributed by atoms with E-state index >= 15 is 0 Å². The molecule has 0 nitrogen and oxygen atoms in total. The molecule has 4 aromatic carbocycles. The maximum atomic E-state index is 2.44. The Morgan fingerprint density at radius 2 is 1.19 bits per heavy atom. The molecule has 0 heteroatoms. The molecule has 5 rings (SSSR count). The van der Waals surface area contributed by atoms with Gasteiger partial charge in [0, 0.05) is 5.41 Å². The van der Waals surface area contributed by atoms with Gasteiger partial charge in [-0.2, -0.15) is 0 Å². The van der Waals surface area contributed by atoms with Crippen LogP contribution in [-0.2, 0) is 18.3 Å². The summed E-state index contributed by atoms with van der Waals surface area (Å²) in [5, 5.41) is 2.65. The monoisotopic (exact) mass is 348 g/mol. The van der Waals surface area contributed by atoms with Gasteiger partial charge in [0.05, 0.1) is 0 Å². The van der Waals surface area contributed by atoms with Crippen LogP contribution in [0.1, 0.15) is 36.1 Å². The van der Waals surface area contributed by atoms with E-state index < -0.39 is 0 Å². The van der Waals surface area contributed by atoms with Crippen molar-refractivity contribution < 1.29 is 0 Å². The fraction of sp³-hybridized carbons (Fsp3) is 0.185. The van der Waals surface area contributed by atoms with E-state index in [2.05, 4.69) is 98.8 Å². The zero-order chi connectivity index (χ0) is 18.4. The van der Waals surface area contributed by atoms with Crippen molar-refractivity contribution in [3.63, 3.8) is 0 Å². The lowest BCUT2D eigenvalue weighted by atomic mass is 9.82. The molecule has 0 spiro atoms. The summed E-state index contributed by atoms with van der Waals surface area (Å²) in [7, 11) is 0. The van der Waals surface area contributed by atoms with E-state index in [1.165, 1.54) is 44.2 Å². The van der Waals surface area contributed by atoms with Gasteiger partial charge in [-0.3, -0.25) is 0 Å². The van der Waals surface area contributed by atoms with Crippen LogP contribution in [0.25, 0.3) is 21.9 Å². The molecule has 132 valence electrons. The second-order valence-electron chi connectivity index (χ2n) is 8.23. The van der Waals surface area contributed by atoms with Gasteiger partial charge in [0.1, 0.15) is 0 Å². The molecule has 0 heterocycles. The number of hydrogen-bond acceptors (Lipinski definition) is 0. The SMILES string of the molecule is CC1(C)c2ccccc2-c2ccc(CCc3ccc4ccccc4c3)cc21. The number of fused-ring (bicyclic) bond motifs is 4. The van der Waals surface area contributed by atoms with Crippen molar-refractivity contribution in [3.05, 3.63) is 107 Å². The van der Waals surface area contributed by atoms with E-state index in [0.29, 0.717) is 0 Å². The maximum Gasteiger partial charge on any atom is 0.0158 e. The second-order valence-corrected chi connectivity index (χ2v) is 8.23. The summed E-state index contributed by atoms with van der Waals surface area (Å²) in [5.74, 6) is 0. The molecule has 0 unspecified atom stereocenters. The van der Waals surface area contributed by atoms with E-state index in [1.54, 1.807) is 0 Å². The number of aryl methyl sites for hydroxylation is 2. The lowest BCUT2D eigenvalue weighted by molar-refractivity contribution is 0.659. The highest BCUT2D eigenvalue weighted by atomic mass is 14.4. The van der Waals surface area contributed by atoms with Crippen LogP contribution in [0.3, 0.4) is 0 Å². The predicted octanol–water partition coefficient (Wildman–Crippen LogP) is 6.93. The van der Waals surface area contributed by atoms with Crippen LogP contribution >= 0.6 is 0 Å². The minimum atomic E-state index is 0.0882. The minimum absolute atomic E-state index is 0.0882. The molecular formula is C27H24. The fourth-order valence-electron chi connectivity index (χ4n) is 4.59. The molecule has 0 aliphatic heterocycles. The average molecular weight is 348 g/mol. The van der Waals surface area contributed by atoms with Crippen molar-refractivity contribution in [1.82, 2.24) is 0 Å². The van der Waals surface area contributed by atoms with Gasteiger partial charge in [-0.15, -0.1) is 0 Å². The first-order chi connectivity index (χ1) is 13.1. The average Bonchev–Trinajstić information content (AvgIpc) is 2.94. The number of benzene rings is 4. The molecule has 1 aliphatic rings. The lowest BCUT2D eigenvalue weighted by Crippen LogP contribution is -2.15. The highest BCUT2D eigenvalue weighted by Crippen LogP contribution is 2.48. The second kappa shape index (κ2) is 6.09. The molecule has 0 amide bonds. The van der Waals surface area contributed by atoms with Crippen molar-refractivity contribution in [2.75, 3.05) is 0 Å². The molecule has 27 heavy (non-hydrogen) atoms. The molecule has 4 aromatic rings. The smallest absolute Gasteiger partial charge is 0.0158 e. The van der Waals surface area contributed by atoms with Gasteiger partial charge in [0.25, 0.3) is 0 Å². The molecule has 0 saturated heterocycles. The third-order valence-electron chi connectivity index (χ3n) is 6.16. The Morgan fingerprint density at radius 3 is 2.04 bits per heavy atom. The number of hydrogen-bond donors (Lipinski definition) is 0. The summed E-state index contributed by atoms with van der Waals surface area (Å²) in [6, 6.07) is 31.4. The van der Waals surface area contributed by atoms with Crippen LogP contribution in [0, 0.1) is 0 Å². The van der Waals surface area contributed by atoms with Crippen molar-refractivity contribution in [3.8, 4) is 11.1 Å². The van der Waals surface area contributed by atoms with E-state index in [-0.39, 0.29) is 5.41 Å². The van der Waals surface area contributed by atoms with Gasteiger partial charge in [0.2, 0.25) is 0 Å². The Hall–Kier alpha value is -2.86. The Kier molecular flexibility index (Phi) is 3.68. The Bertz CT molecular complexity index is 1150. The normalized spacial score (nSPS) is 14.1. The quantitative estimate of drug-likeness (QED) is 0.376. The lowest BCUT2D eigenvalue weighted by Gasteiger charge is -2.22. The summed E-state index contributed by atoms with van der Waals surface area (Å²) in [6.45, 7) is 4.70. The Morgan fingerprint density at radius 1 is 0.556 bits per heavy atom. The van der Waals surface area contributed by atoms with Crippen LogP contribution in [0.2, 0.25) is 0 Å². The van der Waals surface area contributed by atoms with Crippen molar-refractivity contribution >= 4 is 10.8 Å². The number of rotatable bonds is 3. The molecule has 0 atom stereocenters. The Labute approximate surface area is 161 Å². The molecule has 0 bridgehead atoms. The molecule has 0 aromatic heterocycles. The largest absolute Gasteiger partial charge is 0.0619 e. The zero-order valence-corrected chi connectivity index (χ0v) is 16.0. The topological polar surface area (TPSA) is 0 Å². The van der Waals surface area contributed by atoms with Gasteiger partial charge in [-0.1, -0.05) is 98.8 Å². The molecule has 1 aliphatic carbocycles. The van der Waals surface area contributed by atoms with Crippen LogP contribution in [0.5, 0.6) is 0 Å². The van der Waals surface area contributed by atoms with Gasteiger partial charge in [0.15, 0.2) is 0 Å². The first kappa shape index (κ1) is 16.3. The molecule has 0 radical (unpaired) electrons. The third kappa shape index (κ3) is 2.68. The highest BCUT2D eigenvalue weighted by molar-refractivity contribution is 5.83. The van der Waals surface area contributed by atoms with E-state index in [9.17, 15) is 0 Å². The van der Waals surface area contributed by atoms with E-state index in [1.807, 2.05) is 0 Å². The summed E-state index contributed by atoms with van der Waals surface area (Å²) >= 11 is 0. The van der Waals surface area contributed by atoms with Crippen molar-refractivity contribution in [2.45, 2.75) is 32.1 Å². The summed E-state index contributed by atoms with van der Waals surface area (Å²) in [4.78, 5) is 0. The predicted molar refractivity (Wildman–Crippen MR) is 115 cm³/mol. The Balaban J connectivity index is 1.43. The van der Waals surface area contributed by atoms with Crippen LogP contribution < -0.4 is 0 Å².